The van der Waals surface area contributed by atoms with Gasteiger partial charge in [0.15, 0.2) is 0 Å². The van der Waals surface area contributed by atoms with Crippen LogP contribution < -0.4 is 10.6 Å². The van der Waals surface area contributed by atoms with Gasteiger partial charge in [-0.15, -0.1) is 0 Å². The van der Waals surface area contributed by atoms with E-state index in [1.54, 1.807) is 24.3 Å². The number of aromatic hydroxyl groups is 1. The highest BCUT2D eigenvalue weighted by Crippen LogP contribution is 2.15. The lowest BCUT2D eigenvalue weighted by atomic mass is 10.2. The summed E-state index contributed by atoms with van der Waals surface area (Å²) in [5.41, 5.74) is 1.52. The first-order valence-electron chi connectivity index (χ1n) is 6.60. The molecule has 112 valence electrons. The highest BCUT2D eigenvalue weighted by Gasteiger charge is 2.09. The molecule has 0 bridgehead atoms. The first kappa shape index (κ1) is 15.6. The molecule has 0 aliphatic carbocycles. The van der Waals surface area contributed by atoms with Gasteiger partial charge < -0.3 is 15.7 Å². The molecule has 0 radical (unpaired) electrons. The van der Waals surface area contributed by atoms with Crippen molar-refractivity contribution in [1.82, 2.24) is 0 Å². The van der Waals surface area contributed by atoms with Gasteiger partial charge in [0.2, 0.25) is 0 Å². The summed E-state index contributed by atoms with van der Waals surface area (Å²) in [6.07, 6.45) is 1.29. The number of amides is 1. The van der Waals surface area contributed by atoms with Gasteiger partial charge in [0.05, 0.1) is 11.6 Å². The molecule has 0 spiro atoms. The molecule has 0 heterocycles. The number of nitrogens with one attached hydrogen (secondary N) is 2. The van der Waals surface area contributed by atoms with Crippen molar-refractivity contribution in [2.45, 2.75) is 0 Å². The summed E-state index contributed by atoms with van der Waals surface area (Å²) >= 11 is 0. The standard InChI is InChI=1S/C17H12N4O2/c18-9-12-1-3-14(4-2-12)20-11-13(10-19)17(23)21-15-5-7-16(22)8-6-15/h1-8,11,20,22H,(H,21,23)/b13-11-. The van der Waals surface area contributed by atoms with Gasteiger partial charge in [0.1, 0.15) is 17.4 Å². The number of nitrogens with zero attached hydrogens (tertiary/aromatic N) is 2. The molecule has 0 saturated carbocycles. The average Bonchev–Trinajstić information content (AvgIpc) is 2.58. The summed E-state index contributed by atoms with van der Waals surface area (Å²) < 4.78 is 0. The third-order valence-corrected chi connectivity index (χ3v) is 2.89. The lowest BCUT2D eigenvalue weighted by Crippen LogP contribution is -2.14. The maximum atomic E-state index is 12.0. The Morgan fingerprint density at radius 3 is 2.17 bits per heavy atom. The van der Waals surface area contributed by atoms with Crippen LogP contribution in [-0.2, 0) is 4.79 Å². The molecule has 0 aliphatic heterocycles. The maximum absolute atomic E-state index is 12.0. The first-order chi connectivity index (χ1) is 11.1. The second-order valence-electron chi connectivity index (χ2n) is 4.50. The minimum absolute atomic E-state index is 0.0848. The minimum Gasteiger partial charge on any atom is -0.508 e. The summed E-state index contributed by atoms with van der Waals surface area (Å²) in [6.45, 7) is 0. The zero-order valence-corrected chi connectivity index (χ0v) is 11.9. The molecule has 6 heteroatoms. The highest BCUT2D eigenvalue weighted by molar-refractivity contribution is 6.06. The summed E-state index contributed by atoms with van der Waals surface area (Å²) in [5.74, 6) is -0.485. The van der Waals surface area contributed by atoms with Crippen LogP contribution in [0.25, 0.3) is 0 Å². The Morgan fingerprint density at radius 2 is 1.61 bits per heavy atom. The molecule has 1 amide bonds. The third kappa shape index (κ3) is 4.35. The third-order valence-electron chi connectivity index (χ3n) is 2.89. The molecule has 2 aromatic carbocycles. The summed E-state index contributed by atoms with van der Waals surface area (Å²) in [5, 5.41) is 32.4. The van der Waals surface area contributed by atoms with E-state index in [4.69, 9.17) is 10.5 Å². The van der Waals surface area contributed by atoms with E-state index in [0.717, 1.165) is 0 Å². The molecule has 0 aromatic heterocycles. The van der Waals surface area contributed by atoms with Gasteiger partial charge >= 0.3 is 0 Å². The summed E-state index contributed by atoms with van der Waals surface area (Å²) in [7, 11) is 0. The minimum atomic E-state index is -0.570. The number of phenolic OH excluding ortho intramolecular Hbond substituents is 1. The van der Waals surface area contributed by atoms with E-state index in [0.29, 0.717) is 16.9 Å². The summed E-state index contributed by atoms with van der Waals surface area (Å²) in [6, 6.07) is 16.3. The van der Waals surface area contributed by atoms with Crippen molar-refractivity contribution in [2.24, 2.45) is 0 Å². The van der Waals surface area contributed by atoms with Crippen molar-refractivity contribution in [3.05, 3.63) is 65.9 Å². The normalized spacial score (nSPS) is 10.3. The Kier molecular flexibility index (Phi) is 4.96. The molecular weight excluding hydrogens is 292 g/mol. The predicted octanol–water partition coefficient (Wildman–Crippen LogP) is 2.72. The van der Waals surface area contributed by atoms with Gasteiger partial charge in [-0.1, -0.05) is 0 Å². The fraction of sp³-hybridized carbons (Fsp3) is 0. The number of hydrogen-bond donors (Lipinski definition) is 3. The molecule has 2 rings (SSSR count). The second kappa shape index (κ2) is 7.30. The van der Waals surface area contributed by atoms with Crippen LogP contribution in [0.15, 0.2) is 60.3 Å². The van der Waals surface area contributed by atoms with Crippen molar-refractivity contribution in [1.29, 1.82) is 10.5 Å². The fourth-order valence-electron chi connectivity index (χ4n) is 1.69. The van der Waals surface area contributed by atoms with E-state index in [9.17, 15) is 9.90 Å². The molecule has 0 atom stereocenters. The van der Waals surface area contributed by atoms with E-state index in [1.807, 2.05) is 12.1 Å². The van der Waals surface area contributed by atoms with Gasteiger partial charge in [-0.25, -0.2) is 0 Å². The van der Waals surface area contributed by atoms with Crippen molar-refractivity contribution < 1.29 is 9.90 Å². The van der Waals surface area contributed by atoms with Gasteiger partial charge in [-0.2, -0.15) is 10.5 Å². The lowest BCUT2D eigenvalue weighted by molar-refractivity contribution is -0.112. The molecule has 6 nitrogen and oxygen atoms in total. The molecule has 0 saturated heterocycles. The smallest absolute Gasteiger partial charge is 0.267 e. The van der Waals surface area contributed by atoms with E-state index in [1.165, 1.54) is 30.5 Å². The summed E-state index contributed by atoms with van der Waals surface area (Å²) in [4.78, 5) is 12.0. The molecule has 2 aromatic rings. The Hall–Kier alpha value is -3.77. The second-order valence-corrected chi connectivity index (χ2v) is 4.50. The molecule has 0 unspecified atom stereocenters. The van der Waals surface area contributed by atoms with Crippen LogP contribution in [0.3, 0.4) is 0 Å². The quantitative estimate of drug-likeness (QED) is 0.457. The van der Waals surface area contributed by atoms with Crippen molar-refractivity contribution >= 4 is 17.3 Å². The van der Waals surface area contributed by atoms with Crippen LogP contribution in [0.2, 0.25) is 0 Å². The van der Waals surface area contributed by atoms with Crippen LogP contribution in [0.1, 0.15) is 5.56 Å². The molecule has 23 heavy (non-hydrogen) atoms. The van der Waals surface area contributed by atoms with Gasteiger partial charge in [0.25, 0.3) is 5.91 Å². The zero-order valence-electron chi connectivity index (χ0n) is 11.9. The number of nitriles is 2. The number of anilines is 2. The van der Waals surface area contributed by atoms with Crippen LogP contribution in [0, 0.1) is 22.7 Å². The Bertz CT molecular complexity index is 810. The average molecular weight is 304 g/mol. The van der Waals surface area contributed by atoms with Crippen molar-refractivity contribution in [2.75, 3.05) is 10.6 Å². The van der Waals surface area contributed by atoms with Crippen LogP contribution in [0.4, 0.5) is 11.4 Å². The van der Waals surface area contributed by atoms with Crippen LogP contribution in [0.5, 0.6) is 5.75 Å². The number of rotatable bonds is 4. The number of benzene rings is 2. The fourth-order valence-corrected chi connectivity index (χ4v) is 1.69. The monoisotopic (exact) mass is 304 g/mol. The molecule has 0 aliphatic rings. The van der Waals surface area contributed by atoms with Crippen molar-refractivity contribution in [3.8, 4) is 17.9 Å². The predicted molar refractivity (Wildman–Crippen MR) is 85.2 cm³/mol. The number of phenols is 1. The van der Waals surface area contributed by atoms with Gasteiger partial charge in [-0.3, -0.25) is 4.79 Å². The topological polar surface area (TPSA) is 109 Å². The van der Waals surface area contributed by atoms with E-state index in [2.05, 4.69) is 10.6 Å². The molecular formula is C17H12N4O2. The van der Waals surface area contributed by atoms with Crippen molar-refractivity contribution in [3.63, 3.8) is 0 Å². The first-order valence-corrected chi connectivity index (χ1v) is 6.60. The van der Waals surface area contributed by atoms with Gasteiger partial charge in [-0.05, 0) is 48.5 Å². The largest absolute Gasteiger partial charge is 0.508 e. The van der Waals surface area contributed by atoms with E-state index in [-0.39, 0.29) is 11.3 Å². The van der Waals surface area contributed by atoms with Gasteiger partial charge in [0, 0.05) is 17.6 Å². The highest BCUT2D eigenvalue weighted by atomic mass is 16.3. The Balaban J connectivity index is 2.05. The number of carbonyl (C=O) groups excluding carboxylic acids is 1. The molecule has 3 N–H and O–H groups in total. The van der Waals surface area contributed by atoms with E-state index < -0.39 is 5.91 Å². The SMILES string of the molecule is N#C/C(=C/Nc1ccc(C#N)cc1)C(=O)Nc1ccc(O)cc1. The number of carbonyl (C=O) groups is 1. The maximum Gasteiger partial charge on any atom is 0.267 e. The Labute approximate surface area is 132 Å². The van der Waals surface area contributed by atoms with Crippen LogP contribution >= 0.6 is 0 Å². The lowest BCUT2D eigenvalue weighted by Gasteiger charge is -2.05. The molecule has 0 fully saturated rings. The zero-order chi connectivity index (χ0) is 16.7. The van der Waals surface area contributed by atoms with E-state index >= 15 is 0 Å². The number of hydrogen-bond acceptors (Lipinski definition) is 5. The Morgan fingerprint density at radius 1 is 1.00 bits per heavy atom. The van der Waals surface area contributed by atoms with Crippen LogP contribution in [-0.4, -0.2) is 11.0 Å².